The lowest BCUT2D eigenvalue weighted by Crippen LogP contribution is -2.14. The van der Waals surface area contributed by atoms with Gasteiger partial charge in [0, 0.05) is 14.2 Å². The lowest BCUT2D eigenvalue weighted by molar-refractivity contribution is 0.0627. The molecule has 2 nitrogen and oxygen atoms in total. The Hall–Kier alpha value is -0.520. The summed E-state index contributed by atoms with van der Waals surface area (Å²) >= 11 is 0. The highest BCUT2D eigenvalue weighted by molar-refractivity contribution is 5.02. The topological polar surface area (TPSA) is 18.5 Å². The summed E-state index contributed by atoms with van der Waals surface area (Å²) in [7, 11) is 3.25. The molecule has 0 aliphatic heterocycles. The van der Waals surface area contributed by atoms with Crippen molar-refractivity contribution in [3.05, 3.63) is 0 Å². The largest absolute Gasteiger partial charge is 0.381 e. The molecule has 1 unspecified atom stereocenters. The van der Waals surface area contributed by atoms with Crippen LogP contribution >= 0.6 is 0 Å². The molecule has 2 heteroatoms. The minimum absolute atomic E-state index is 0.0694. The van der Waals surface area contributed by atoms with E-state index in [-0.39, 0.29) is 6.10 Å². The molecule has 0 radical (unpaired) electrons. The lowest BCUT2D eigenvalue weighted by Gasteiger charge is -2.04. The van der Waals surface area contributed by atoms with Crippen molar-refractivity contribution in [3.8, 4) is 11.8 Å². The SMILES string of the molecule is CC#CC(COC)OC. The molecule has 0 aromatic rings. The molecule has 0 amide bonds. The van der Waals surface area contributed by atoms with Crippen LogP contribution in [0.1, 0.15) is 6.92 Å². The Morgan fingerprint density at radius 1 is 1.44 bits per heavy atom. The zero-order chi connectivity index (χ0) is 7.11. The number of ether oxygens (including phenoxy) is 2. The molecular formula is C7H12O2. The predicted molar refractivity (Wildman–Crippen MR) is 36.1 cm³/mol. The van der Waals surface area contributed by atoms with Crippen molar-refractivity contribution in [3.63, 3.8) is 0 Å². The van der Waals surface area contributed by atoms with E-state index >= 15 is 0 Å². The molecule has 0 rings (SSSR count). The van der Waals surface area contributed by atoms with Crippen molar-refractivity contribution < 1.29 is 9.47 Å². The molecule has 0 aliphatic rings. The molecule has 0 saturated carbocycles. The van der Waals surface area contributed by atoms with Crippen LogP contribution in [0.2, 0.25) is 0 Å². The Kier molecular flexibility index (Phi) is 5.29. The third kappa shape index (κ3) is 4.01. The summed E-state index contributed by atoms with van der Waals surface area (Å²) in [5.41, 5.74) is 0. The number of methoxy groups -OCH3 is 2. The van der Waals surface area contributed by atoms with Crippen LogP contribution < -0.4 is 0 Å². The highest BCUT2D eigenvalue weighted by Gasteiger charge is 1.98. The van der Waals surface area contributed by atoms with Crippen molar-refractivity contribution in [1.82, 2.24) is 0 Å². The first-order valence-electron chi connectivity index (χ1n) is 2.79. The van der Waals surface area contributed by atoms with Crippen LogP contribution in [0.25, 0.3) is 0 Å². The average molecular weight is 128 g/mol. The van der Waals surface area contributed by atoms with Crippen LogP contribution in [0.4, 0.5) is 0 Å². The average Bonchev–Trinajstić information content (AvgIpc) is 1.88. The predicted octanol–water partition coefficient (Wildman–Crippen LogP) is 0.671. The van der Waals surface area contributed by atoms with Crippen molar-refractivity contribution in [2.75, 3.05) is 20.8 Å². The van der Waals surface area contributed by atoms with E-state index in [9.17, 15) is 0 Å². The molecule has 52 valence electrons. The molecule has 9 heavy (non-hydrogen) atoms. The van der Waals surface area contributed by atoms with E-state index in [4.69, 9.17) is 9.47 Å². The van der Waals surface area contributed by atoms with Gasteiger partial charge < -0.3 is 9.47 Å². The van der Waals surface area contributed by atoms with Crippen LogP contribution in [-0.4, -0.2) is 26.9 Å². The summed E-state index contributed by atoms with van der Waals surface area (Å²) in [5.74, 6) is 5.58. The van der Waals surface area contributed by atoms with Gasteiger partial charge in [-0.15, -0.1) is 5.92 Å². The van der Waals surface area contributed by atoms with E-state index in [1.165, 1.54) is 0 Å². The number of hydrogen-bond donors (Lipinski definition) is 0. The summed E-state index contributed by atoms with van der Waals surface area (Å²) in [6, 6.07) is 0. The van der Waals surface area contributed by atoms with Gasteiger partial charge in [-0.25, -0.2) is 0 Å². The van der Waals surface area contributed by atoms with Crippen LogP contribution in [0, 0.1) is 11.8 Å². The smallest absolute Gasteiger partial charge is 0.141 e. The summed E-state index contributed by atoms with van der Waals surface area (Å²) < 4.78 is 9.75. The Morgan fingerprint density at radius 3 is 2.44 bits per heavy atom. The quantitative estimate of drug-likeness (QED) is 0.520. The summed E-state index contributed by atoms with van der Waals surface area (Å²) in [6.07, 6.45) is -0.0694. The molecule has 0 aromatic heterocycles. The fourth-order valence-corrected chi connectivity index (χ4v) is 0.481. The molecular weight excluding hydrogens is 116 g/mol. The minimum Gasteiger partial charge on any atom is -0.381 e. The maximum atomic E-state index is 4.93. The number of rotatable bonds is 3. The van der Waals surface area contributed by atoms with Gasteiger partial charge in [-0.1, -0.05) is 5.92 Å². The van der Waals surface area contributed by atoms with Crippen molar-refractivity contribution in [2.24, 2.45) is 0 Å². The first-order chi connectivity index (χ1) is 4.35. The lowest BCUT2D eigenvalue weighted by atomic mass is 10.4. The summed E-state index contributed by atoms with van der Waals surface area (Å²) in [4.78, 5) is 0. The van der Waals surface area contributed by atoms with E-state index < -0.39 is 0 Å². The highest BCUT2D eigenvalue weighted by Crippen LogP contribution is 1.86. The van der Waals surface area contributed by atoms with Gasteiger partial charge >= 0.3 is 0 Å². The second-order valence-electron chi connectivity index (χ2n) is 1.57. The van der Waals surface area contributed by atoms with Crippen LogP contribution in [0.5, 0.6) is 0 Å². The van der Waals surface area contributed by atoms with Crippen molar-refractivity contribution in [2.45, 2.75) is 13.0 Å². The zero-order valence-electron chi connectivity index (χ0n) is 6.10. The van der Waals surface area contributed by atoms with Gasteiger partial charge in [0.25, 0.3) is 0 Å². The summed E-state index contributed by atoms with van der Waals surface area (Å²) in [6.45, 7) is 2.32. The maximum Gasteiger partial charge on any atom is 0.141 e. The van der Waals surface area contributed by atoms with Crippen molar-refractivity contribution >= 4 is 0 Å². The molecule has 0 N–H and O–H groups in total. The minimum atomic E-state index is -0.0694. The standard InChI is InChI=1S/C7H12O2/c1-4-5-7(9-3)6-8-2/h7H,6H2,1-3H3. The van der Waals surface area contributed by atoms with Gasteiger partial charge in [0.05, 0.1) is 6.61 Å². The fourth-order valence-electron chi connectivity index (χ4n) is 0.481. The molecule has 0 aromatic carbocycles. The first kappa shape index (κ1) is 8.48. The Labute approximate surface area is 56.2 Å². The Bertz CT molecular complexity index is 110. The fraction of sp³-hybridized carbons (Fsp3) is 0.714. The zero-order valence-corrected chi connectivity index (χ0v) is 6.10. The van der Waals surface area contributed by atoms with Crippen LogP contribution in [0.3, 0.4) is 0 Å². The molecule has 0 saturated heterocycles. The normalized spacial score (nSPS) is 11.9. The second-order valence-corrected chi connectivity index (χ2v) is 1.57. The molecule has 0 heterocycles. The molecule has 1 atom stereocenters. The van der Waals surface area contributed by atoms with Crippen LogP contribution in [-0.2, 0) is 9.47 Å². The first-order valence-corrected chi connectivity index (χ1v) is 2.79. The monoisotopic (exact) mass is 128 g/mol. The maximum absolute atomic E-state index is 4.93. The molecule has 0 spiro atoms. The third-order valence-electron chi connectivity index (χ3n) is 0.908. The van der Waals surface area contributed by atoms with E-state index in [1.807, 2.05) is 0 Å². The highest BCUT2D eigenvalue weighted by atomic mass is 16.5. The second kappa shape index (κ2) is 5.61. The van der Waals surface area contributed by atoms with E-state index in [0.717, 1.165) is 0 Å². The molecule has 0 bridgehead atoms. The molecule has 0 aliphatic carbocycles. The van der Waals surface area contributed by atoms with Gasteiger partial charge in [0.1, 0.15) is 6.10 Å². The number of hydrogen-bond acceptors (Lipinski definition) is 2. The third-order valence-corrected chi connectivity index (χ3v) is 0.908. The van der Waals surface area contributed by atoms with Gasteiger partial charge in [-0.2, -0.15) is 0 Å². The van der Waals surface area contributed by atoms with E-state index in [0.29, 0.717) is 6.61 Å². The van der Waals surface area contributed by atoms with Gasteiger partial charge in [0.2, 0.25) is 0 Å². The van der Waals surface area contributed by atoms with E-state index in [2.05, 4.69) is 11.8 Å². The van der Waals surface area contributed by atoms with Gasteiger partial charge in [-0.05, 0) is 6.92 Å². The molecule has 0 fully saturated rings. The van der Waals surface area contributed by atoms with Crippen LogP contribution in [0.15, 0.2) is 0 Å². The van der Waals surface area contributed by atoms with E-state index in [1.54, 1.807) is 21.1 Å². The Balaban J connectivity index is 3.50. The Morgan fingerprint density at radius 2 is 2.11 bits per heavy atom. The van der Waals surface area contributed by atoms with Crippen molar-refractivity contribution in [1.29, 1.82) is 0 Å². The van der Waals surface area contributed by atoms with Gasteiger partial charge in [-0.3, -0.25) is 0 Å². The summed E-state index contributed by atoms with van der Waals surface area (Å²) in [5, 5.41) is 0. The van der Waals surface area contributed by atoms with Gasteiger partial charge in [0.15, 0.2) is 0 Å².